The Morgan fingerprint density at radius 3 is 2.61 bits per heavy atom. The maximum atomic E-state index is 11.9. The Morgan fingerprint density at radius 2 is 1.97 bits per heavy atom. The fraction of sp³-hybridized carbons (Fsp3) is 0.500. The number of phenolic OH excluding ortho intramolecular Hbond substituents is 1. The molecule has 1 amide bonds. The van der Waals surface area contributed by atoms with Crippen molar-refractivity contribution >= 4 is 17.0 Å². The third kappa shape index (κ3) is 4.62. The Morgan fingerprint density at radius 1 is 1.19 bits per heavy atom. The number of hydrogen-bond acceptors (Lipinski definition) is 5. The molecule has 2 N–H and O–H groups in total. The van der Waals surface area contributed by atoms with Crippen LogP contribution in [0.4, 0.5) is 4.79 Å². The van der Waals surface area contributed by atoms with Gasteiger partial charge in [-0.2, -0.15) is 5.10 Å². The molecule has 0 bridgehead atoms. The van der Waals surface area contributed by atoms with Crippen molar-refractivity contribution in [2.75, 3.05) is 6.61 Å². The number of fused-ring (bicyclic) bond motifs is 1. The normalized spacial score (nSPS) is 22.3. The van der Waals surface area contributed by atoms with Crippen LogP contribution in [0.15, 0.2) is 36.5 Å². The van der Waals surface area contributed by atoms with Gasteiger partial charge in [-0.25, -0.2) is 9.48 Å². The molecular weight excluding hydrogens is 458 g/mol. The summed E-state index contributed by atoms with van der Waals surface area (Å²) in [6.45, 7) is 8.46. The van der Waals surface area contributed by atoms with E-state index in [9.17, 15) is 15.0 Å². The predicted octanol–water partition coefficient (Wildman–Crippen LogP) is 6.10. The molecule has 5 rings (SSSR count). The van der Waals surface area contributed by atoms with Crippen LogP contribution < -0.4 is 4.74 Å². The van der Waals surface area contributed by atoms with E-state index in [0.717, 1.165) is 59.2 Å². The second kappa shape index (κ2) is 9.32. The SMILES string of the molecule is Cc1cc(O)ccc1-c1cc(O[C@H]2C[C@H](N(C(=O)O)C(C)(C)C)C2)c2cnn(C3CCCCO3)c2c1. The predicted molar refractivity (Wildman–Crippen MR) is 137 cm³/mol. The molecule has 2 aliphatic rings. The summed E-state index contributed by atoms with van der Waals surface area (Å²) in [5, 5.41) is 25.3. The van der Waals surface area contributed by atoms with Crippen LogP contribution in [0.2, 0.25) is 0 Å². The van der Waals surface area contributed by atoms with Crippen LogP contribution in [0.1, 0.15) is 64.7 Å². The molecule has 0 spiro atoms. The third-order valence-electron chi connectivity index (χ3n) is 7.29. The van der Waals surface area contributed by atoms with Crippen LogP contribution in [-0.4, -0.2) is 55.3 Å². The first-order chi connectivity index (χ1) is 17.1. The Balaban J connectivity index is 1.48. The summed E-state index contributed by atoms with van der Waals surface area (Å²) in [6.07, 6.45) is 5.13. The maximum absolute atomic E-state index is 11.9. The number of amides is 1. The molecule has 1 aliphatic carbocycles. The lowest BCUT2D eigenvalue weighted by Gasteiger charge is -2.47. The highest BCUT2D eigenvalue weighted by molar-refractivity contribution is 5.91. The average Bonchev–Trinajstić information content (AvgIpc) is 3.21. The average molecular weight is 494 g/mol. The van der Waals surface area contributed by atoms with E-state index < -0.39 is 11.6 Å². The molecule has 36 heavy (non-hydrogen) atoms. The lowest BCUT2D eigenvalue weighted by Crippen LogP contribution is -2.58. The van der Waals surface area contributed by atoms with Crippen molar-refractivity contribution in [3.8, 4) is 22.6 Å². The van der Waals surface area contributed by atoms with Crippen LogP contribution in [0.5, 0.6) is 11.5 Å². The molecule has 1 unspecified atom stereocenters. The topological polar surface area (TPSA) is 97.0 Å². The van der Waals surface area contributed by atoms with Crippen LogP contribution in [0.3, 0.4) is 0 Å². The minimum Gasteiger partial charge on any atom is -0.508 e. The molecule has 8 nitrogen and oxygen atoms in total. The number of aromatic nitrogens is 2. The first-order valence-corrected chi connectivity index (χ1v) is 12.7. The van der Waals surface area contributed by atoms with Crippen molar-refractivity contribution in [1.82, 2.24) is 14.7 Å². The zero-order valence-electron chi connectivity index (χ0n) is 21.4. The van der Waals surface area contributed by atoms with E-state index in [-0.39, 0.29) is 24.1 Å². The molecule has 2 aromatic carbocycles. The summed E-state index contributed by atoms with van der Waals surface area (Å²) >= 11 is 0. The molecule has 1 saturated heterocycles. The Hall–Kier alpha value is -3.26. The minimum atomic E-state index is -0.896. The van der Waals surface area contributed by atoms with Gasteiger partial charge in [0.15, 0.2) is 6.23 Å². The summed E-state index contributed by atoms with van der Waals surface area (Å²) in [5.41, 5.74) is 3.43. The van der Waals surface area contributed by atoms with E-state index in [1.54, 1.807) is 12.1 Å². The summed E-state index contributed by atoms with van der Waals surface area (Å²) in [7, 11) is 0. The van der Waals surface area contributed by atoms with Crippen molar-refractivity contribution in [2.24, 2.45) is 0 Å². The summed E-state index contributed by atoms with van der Waals surface area (Å²) in [6, 6.07) is 9.44. The van der Waals surface area contributed by atoms with Crippen LogP contribution >= 0.6 is 0 Å². The van der Waals surface area contributed by atoms with E-state index in [1.165, 1.54) is 4.90 Å². The lowest BCUT2D eigenvalue weighted by atomic mass is 9.85. The first kappa shape index (κ1) is 24.4. The van der Waals surface area contributed by atoms with Gasteiger partial charge in [-0.1, -0.05) is 6.07 Å². The van der Waals surface area contributed by atoms with E-state index in [0.29, 0.717) is 12.8 Å². The number of phenols is 1. The van der Waals surface area contributed by atoms with Gasteiger partial charge < -0.3 is 24.6 Å². The Bertz CT molecular complexity index is 1270. The van der Waals surface area contributed by atoms with Crippen molar-refractivity contribution < 1.29 is 24.5 Å². The molecule has 1 atom stereocenters. The van der Waals surface area contributed by atoms with Crippen LogP contribution in [0, 0.1) is 6.92 Å². The maximum Gasteiger partial charge on any atom is 0.407 e. The summed E-state index contributed by atoms with van der Waals surface area (Å²) in [4.78, 5) is 13.4. The number of rotatable bonds is 5. The van der Waals surface area contributed by atoms with Crippen molar-refractivity contribution in [3.05, 3.63) is 42.1 Å². The molecule has 3 aromatic rings. The number of carbonyl (C=O) groups is 1. The highest BCUT2D eigenvalue weighted by atomic mass is 16.5. The van der Waals surface area contributed by atoms with Gasteiger partial charge in [0.1, 0.15) is 17.6 Å². The number of hydrogen-bond donors (Lipinski definition) is 2. The van der Waals surface area contributed by atoms with E-state index in [2.05, 4.69) is 11.2 Å². The Labute approximate surface area is 211 Å². The minimum absolute atomic E-state index is 0.0659. The smallest absolute Gasteiger partial charge is 0.407 e. The lowest BCUT2D eigenvalue weighted by molar-refractivity contribution is -0.0366. The molecule has 0 radical (unpaired) electrons. The molecule has 2 heterocycles. The van der Waals surface area contributed by atoms with Crippen LogP contribution in [-0.2, 0) is 4.74 Å². The van der Waals surface area contributed by atoms with Gasteiger partial charge in [-0.15, -0.1) is 0 Å². The molecule has 2 fully saturated rings. The van der Waals surface area contributed by atoms with Gasteiger partial charge in [-0.3, -0.25) is 0 Å². The van der Waals surface area contributed by atoms with Crippen molar-refractivity contribution in [2.45, 2.75) is 83.7 Å². The largest absolute Gasteiger partial charge is 0.508 e. The van der Waals surface area contributed by atoms with Gasteiger partial charge in [-0.05, 0) is 87.9 Å². The molecule has 1 saturated carbocycles. The van der Waals surface area contributed by atoms with E-state index in [4.69, 9.17) is 9.47 Å². The number of aryl methyl sites for hydroxylation is 1. The monoisotopic (exact) mass is 493 g/mol. The van der Waals surface area contributed by atoms with Crippen LogP contribution in [0.25, 0.3) is 22.0 Å². The molecule has 8 heteroatoms. The van der Waals surface area contributed by atoms with E-state index in [1.807, 2.05) is 50.7 Å². The molecule has 1 aliphatic heterocycles. The van der Waals surface area contributed by atoms with Gasteiger partial charge in [0.25, 0.3) is 0 Å². The number of ether oxygens (including phenoxy) is 2. The van der Waals surface area contributed by atoms with Crippen molar-refractivity contribution in [3.63, 3.8) is 0 Å². The standard InChI is InChI=1S/C28H35N3O5/c1-17-11-20(32)8-9-22(17)18-12-24-23(16-29-31(24)26-7-5-6-10-35-26)25(13-18)36-21-14-19(15-21)30(27(33)34)28(2,3)4/h8-9,11-13,16,19,21,26,32H,5-7,10,14-15H2,1-4H3,(H,33,34)/t19-,21-,26?. The van der Waals surface area contributed by atoms with Gasteiger partial charge >= 0.3 is 6.09 Å². The van der Waals surface area contributed by atoms with E-state index >= 15 is 0 Å². The van der Waals surface area contributed by atoms with Crippen molar-refractivity contribution in [1.29, 1.82) is 0 Å². The number of nitrogens with zero attached hydrogens (tertiary/aromatic N) is 3. The number of aromatic hydroxyl groups is 1. The molecule has 192 valence electrons. The van der Waals surface area contributed by atoms with Gasteiger partial charge in [0, 0.05) is 31.0 Å². The fourth-order valence-electron chi connectivity index (χ4n) is 5.50. The fourth-order valence-corrected chi connectivity index (χ4v) is 5.50. The quantitative estimate of drug-likeness (QED) is 0.445. The second-order valence-electron chi connectivity index (χ2n) is 11.0. The molecular formula is C28H35N3O5. The molecule has 1 aromatic heterocycles. The third-order valence-corrected chi connectivity index (χ3v) is 7.29. The highest BCUT2D eigenvalue weighted by Crippen LogP contribution is 2.40. The van der Waals surface area contributed by atoms with Gasteiger partial charge in [0.05, 0.1) is 17.1 Å². The highest BCUT2D eigenvalue weighted by Gasteiger charge is 2.42. The number of benzene rings is 2. The van der Waals surface area contributed by atoms with Gasteiger partial charge in [0.2, 0.25) is 0 Å². The zero-order chi connectivity index (χ0) is 25.6. The second-order valence-corrected chi connectivity index (χ2v) is 11.0. The zero-order valence-corrected chi connectivity index (χ0v) is 21.4. The summed E-state index contributed by atoms with van der Waals surface area (Å²) in [5.74, 6) is 0.968. The Kier molecular flexibility index (Phi) is 6.32. The first-order valence-electron chi connectivity index (χ1n) is 12.7. The number of carboxylic acid groups (broad SMARTS) is 1. The summed E-state index contributed by atoms with van der Waals surface area (Å²) < 4.78 is 14.5.